The van der Waals surface area contributed by atoms with E-state index in [9.17, 15) is 4.79 Å². The van der Waals surface area contributed by atoms with Crippen molar-refractivity contribution < 1.29 is 4.79 Å². The molecule has 0 spiro atoms. The van der Waals surface area contributed by atoms with Crippen LogP contribution in [0.4, 0.5) is 0 Å². The van der Waals surface area contributed by atoms with Gasteiger partial charge in [0, 0.05) is 18.2 Å². The van der Waals surface area contributed by atoms with E-state index in [0.29, 0.717) is 16.7 Å². The highest BCUT2D eigenvalue weighted by atomic mass is 79.9. The number of nitrogens with one attached hydrogen (secondary N) is 1. The van der Waals surface area contributed by atoms with Gasteiger partial charge in [0.1, 0.15) is 16.4 Å². The molecule has 0 aromatic carbocycles. The van der Waals surface area contributed by atoms with E-state index in [-0.39, 0.29) is 0 Å². The largest absolute Gasteiger partial charge is 0.344 e. The summed E-state index contributed by atoms with van der Waals surface area (Å²) in [6.45, 7) is 0. The Morgan fingerprint density at radius 2 is 2.46 bits per heavy atom. The Morgan fingerprint density at radius 3 is 3.23 bits per heavy atom. The maximum absolute atomic E-state index is 10.3. The lowest BCUT2D eigenvalue weighted by atomic mass is 10.2. The van der Waals surface area contributed by atoms with E-state index in [1.54, 1.807) is 12.4 Å². The van der Waals surface area contributed by atoms with Crippen molar-refractivity contribution in [2.75, 3.05) is 0 Å². The highest BCUT2D eigenvalue weighted by Gasteiger charge is 2.05. The molecule has 66 valence electrons. The summed E-state index contributed by atoms with van der Waals surface area (Å²) in [5, 5.41) is 0. The zero-order valence-electron chi connectivity index (χ0n) is 6.62. The van der Waals surface area contributed by atoms with Crippen LogP contribution in [0.3, 0.4) is 0 Å². The Kier molecular flexibility index (Phi) is 2.10. The minimum atomic E-state index is 0.366. The standard InChI is InChI=1S/C8H6BrN3O/c9-6-4-11-8-7(12-6)5(1-2-13)3-10-8/h2-4H,1H2,(H,10,11). The molecule has 2 aromatic rings. The molecule has 5 heteroatoms. The first-order valence-electron chi connectivity index (χ1n) is 3.73. The predicted octanol–water partition coefficient (Wildman–Crippen LogP) is 1.46. The van der Waals surface area contributed by atoms with Crippen molar-refractivity contribution in [1.82, 2.24) is 15.0 Å². The van der Waals surface area contributed by atoms with Gasteiger partial charge in [-0.05, 0) is 15.9 Å². The van der Waals surface area contributed by atoms with E-state index in [2.05, 4.69) is 30.9 Å². The van der Waals surface area contributed by atoms with Gasteiger partial charge in [0.15, 0.2) is 5.65 Å². The summed E-state index contributed by atoms with van der Waals surface area (Å²) in [5.41, 5.74) is 2.33. The van der Waals surface area contributed by atoms with Gasteiger partial charge in [0.25, 0.3) is 0 Å². The average Bonchev–Trinajstić information content (AvgIpc) is 2.49. The normalized spacial score (nSPS) is 10.5. The number of H-pyrrole nitrogens is 1. The van der Waals surface area contributed by atoms with Gasteiger partial charge in [0.2, 0.25) is 0 Å². The van der Waals surface area contributed by atoms with Crippen molar-refractivity contribution in [2.45, 2.75) is 6.42 Å². The summed E-state index contributed by atoms with van der Waals surface area (Å²) in [5.74, 6) is 0. The maximum Gasteiger partial charge on any atom is 0.156 e. The lowest BCUT2D eigenvalue weighted by Gasteiger charge is -1.92. The second-order valence-electron chi connectivity index (χ2n) is 2.57. The number of carbonyl (C=O) groups is 1. The lowest BCUT2D eigenvalue weighted by molar-refractivity contribution is -0.107. The third-order valence-electron chi connectivity index (χ3n) is 1.73. The molecule has 2 rings (SSSR count). The number of aromatic nitrogens is 3. The molecule has 0 aliphatic carbocycles. The molecule has 1 N–H and O–H groups in total. The summed E-state index contributed by atoms with van der Waals surface area (Å²) in [6.07, 6.45) is 4.59. The average molecular weight is 240 g/mol. The summed E-state index contributed by atoms with van der Waals surface area (Å²) < 4.78 is 0.673. The molecular weight excluding hydrogens is 234 g/mol. The zero-order valence-corrected chi connectivity index (χ0v) is 8.21. The van der Waals surface area contributed by atoms with Crippen LogP contribution >= 0.6 is 15.9 Å². The Hall–Kier alpha value is -1.23. The predicted molar refractivity (Wildman–Crippen MR) is 51.4 cm³/mol. The quantitative estimate of drug-likeness (QED) is 0.808. The lowest BCUT2D eigenvalue weighted by Crippen LogP contribution is -1.87. The third kappa shape index (κ3) is 1.47. The minimum Gasteiger partial charge on any atom is -0.344 e. The second-order valence-corrected chi connectivity index (χ2v) is 3.39. The fourth-order valence-corrected chi connectivity index (χ4v) is 1.45. The summed E-state index contributed by atoms with van der Waals surface area (Å²) in [7, 11) is 0. The molecule has 0 saturated heterocycles. The van der Waals surface area contributed by atoms with Gasteiger partial charge in [-0.2, -0.15) is 0 Å². The van der Waals surface area contributed by atoms with Gasteiger partial charge < -0.3 is 9.78 Å². The van der Waals surface area contributed by atoms with E-state index in [4.69, 9.17) is 0 Å². The summed E-state index contributed by atoms with van der Waals surface area (Å²) in [4.78, 5) is 21.6. The second kappa shape index (κ2) is 3.26. The first kappa shape index (κ1) is 8.37. The van der Waals surface area contributed by atoms with Crippen LogP contribution in [-0.2, 0) is 11.2 Å². The van der Waals surface area contributed by atoms with Crippen molar-refractivity contribution >= 4 is 33.4 Å². The first-order chi connectivity index (χ1) is 6.31. The molecular formula is C8H6BrN3O. The molecule has 0 aliphatic heterocycles. The summed E-state index contributed by atoms with van der Waals surface area (Å²) >= 11 is 3.23. The van der Waals surface area contributed by atoms with Crippen molar-refractivity contribution in [3.63, 3.8) is 0 Å². The fraction of sp³-hybridized carbons (Fsp3) is 0.125. The Labute approximate surface area is 82.5 Å². The van der Waals surface area contributed by atoms with Gasteiger partial charge in [-0.3, -0.25) is 0 Å². The number of halogens is 1. The molecule has 2 heterocycles. The molecule has 0 amide bonds. The van der Waals surface area contributed by atoms with Gasteiger partial charge in [-0.15, -0.1) is 0 Å². The van der Waals surface area contributed by atoms with Crippen molar-refractivity contribution in [1.29, 1.82) is 0 Å². The zero-order chi connectivity index (χ0) is 9.26. The molecule has 13 heavy (non-hydrogen) atoms. The SMILES string of the molecule is O=CCc1c[nH]c2ncc(Br)nc12. The van der Waals surface area contributed by atoms with Crippen molar-refractivity contribution in [3.8, 4) is 0 Å². The van der Waals surface area contributed by atoms with E-state index < -0.39 is 0 Å². The van der Waals surface area contributed by atoms with Crippen LogP contribution in [0.25, 0.3) is 11.2 Å². The molecule has 0 radical (unpaired) electrons. The van der Waals surface area contributed by atoms with Crippen LogP contribution in [0.5, 0.6) is 0 Å². The Balaban J connectivity index is 2.64. The fourth-order valence-electron chi connectivity index (χ4n) is 1.17. The van der Waals surface area contributed by atoms with E-state index in [1.165, 1.54) is 0 Å². The first-order valence-corrected chi connectivity index (χ1v) is 4.52. The van der Waals surface area contributed by atoms with Gasteiger partial charge in [-0.25, -0.2) is 9.97 Å². The molecule has 2 aromatic heterocycles. The number of hydrogen-bond acceptors (Lipinski definition) is 3. The Bertz CT molecular complexity index is 452. The number of fused-ring (bicyclic) bond motifs is 1. The van der Waals surface area contributed by atoms with Crippen molar-refractivity contribution in [2.24, 2.45) is 0 Å². The number of carbonyl (C=O) groups excluding carboxylic acids is 1. The van der Waals surface area contributed by atoms with Crippen LogP contribution in [0.15, 0.2) is 17.0 Å². The molecule has 0 unspecified atom stereocenters. The molecule has 0 saturated carbocycles. The van der Waals surface area contributed by atoms with Gasteiger partial charge in [-0.1, -0.05) is 0 Å². The smallest absolute Gasteiger partial charge is 0.156 e. The highest BCUT2D eigenvalue weighted by molar-refractivity contribution is 9.10. The van der Waals surface area contributed by atoms with E-state index in [0.717, 1.165) is 17.4 Å². The number of nitrogens with zero attached hydrogens (tertiary/aromatic N) is 2. The van der Waals surface area contributed by atoms with Crippen LogP contribution in [-0.4, -0.2) is 21.2 Å². The highest BCUT2D eigenvalue weighted by Crippen LogP contribution is 2.16. The third-order valence-corrected chi connectivity index (χ3v) is 2.12. The molecule has 0 aliphatic rings. The molecule has 0 bridgehead atoms. The number of hydrogen-bond donors (Lipinski definition) is 1. The molecule has 4 nitrogen and oxygen atoms in total. The Morgan fingerprint density at radius 1 is 1.62 bits per heavy atom. The number of aromatic amines is 1. The van der Waals surface area contributed by atoms with E-state index in [1.807, 2.05) is 0 Å². The van der Waals surface area contributed by atoms with Crippen LogP contribution < -0.4 is 0 Å². The number of rotatable bonds is 2. The number of aldehydes is 1. The van der Waals surface area contributed by atoms with Crippen LogP contribution in [0.1, 0.15) is 5.56 Å². The van der Waals surface area contributed by atoms with Crippen LogP contribution in [0.2, 0.25) is 0 Å². The van der Waals surface area contributed by atoms with Gasteiger partial charge >= 0.3 is 0 Å². The summed E-state index contributed by atoms with van der Waals surface area (Å²) in [6, 6.07) is 0. The molecule has 0 atom stereocenters. The van der Waals surface area contributed by atoms with Crippen molar-refractivity contribution in [3.05, 3.63) is 22.6 Å². The maximum atomic E-state index is 10.3. The minimum absolute atomic E-state index is 0.366. The topological polar surface area (TPSA) is 58.6 Å². The van der Waals surface area contributed by atoms with Crippen LogP contribution in [0, 0.1) is 0 Å². The van der Waals surface area contributed by atoms with Gasteiger partial charge in [0.05, 0.1) is 6.20 Å². The monoisotopic (exact) mass is 239 g/mol. The molecule has 0 fully saturated rings. The van der Waals surface area contributed by atoms with E-state index >= 15 is 0 Å².